The minimum absolute atomic E-state index is 0. The van der Waals surface area contributed by atoms with Gasteiger partial charge in [0.1, 0.15) is 6.67 Å². The quantitative estimate of drug-likeness (QED) is 0.892. The lowest BCUT2D eigenvalue weighted by atomic mass is 10.2. The third-order valence-corrected chi connectivity index (χ3v) is 3.16. The first kappa shape index (κ1) is 16.5. The second-order valence-corrected chi connectivity index (χ2v) is 4.52. The smallest absolute Gasteiger partial charge is 0.109 e. The average Bonchev–Trinajstić information content (AvgIpc) is 2.91. The minimum atomic E-state index is -0.401. The molecule has 20 heavy (non-hydrogen) atoms. The number of alkyl halides is 1. The first-order chi connectivity index (χ1) is 9.15. The van der Waals surface area contributed by atoms with Crippen LogP contribution in [0.15, 0.2) is 12.4 Å². The largest absolute Gasteiger partial charge is 0.377 e. The van der Waals surface area contributed by atoms with E-state index in [0.29, 0.717) is 13.1 Å². The molecule has 0 atom stereocenters. The van der Waals surface area contributed by atoms with Gasteiger partial charge in [-0.3, -0.25) is 9.36 Å². The Balaban J connectivity index is 0.00000200. The lowest BCUT2D eigenvalue weighted by Crippen LogP contribution is -2.09. The molecular weight excluding hydrogens is 281 g/mol. The van der Waals surface area contributed by atoms with Gasteiger partial charge in [-0.2, -0.15) is 10.2 Å². The van der Waals surface area contributed by atoms with Crippen molar-refractivity contribution in [1.82, 2.24) is 19.6 Å². The van der Waals surface area contributed by atoms with E-state index >= 15 is 0 Å². The lowest BCUT2D eigenvalue weighted by Gasteiger charge is -2.08. The molecule has 5 nitrogen and oxygen atoms in total. The zero-order chi connectivity index (χ0) is 13.8. The summed E-state index contributed by atoms with van der Waals surface area (Å²) in [5.41, 5.74) is 4.16. The highest BCUT2D eigenvalue weighted by molar-refractivity contribution is 5.85. The molecule has 2 aromatic rings. The topological polar surface area (TPSA) is 47.7 Å². The van der Waals surface area contributed by atoms with E-state index in [9.17, 15) is 4.39 Å². The van der Waals surface area contributed by atoms with Crippen molar-refractivity contribution in [3.63, 3.8) is 0 Å². The number of rotatable bonds is 6. The second kappa shape index (κ2) is 7.28. The van der Waals surface area contributed by atoms with Crippen molar-refractivity contribution in [2.24, 2.45) is 0 Å². The zero-order valence-electron chi connectivity index (χ0n) is 12.1. The van der Waals surface area contributed by atoms with Crippen LogP contribution in [-0.2, 0) is 19.6 Å². The normalized spacial score (nSPS) is 10.4. The van der Waals surface area contributed by atoms with Crippen LogP contribution in [0.2, 0.25) is 0 Å². The van der Waals surface area contributed by atoms with E-state index in [0.717, 1.165) is 17.9 Å². The van der Waals surface area contributed by atoms with Gasteiger partial charge in [0.05, 0.1) is 36.4 Å². The fraction of sp³-hybridized carbons (Fsp3) is 0.538. The summed E-state index contributed by atoms with van der Waals surface area (Å²) in [5.74, 6) is 0. The zero-order valence-corrected chi connectivity index (χ0v) is 12.9. The van der Waals surface area contributed by atoms with Gasteiger partial charge >= 0.3 is 0 Å². The van der Waals surface area contributed by atoms with Crippen LogP contribution in [0.1, 0.15) is 23.9 Å². The van der Waals surface area contributed by atoms with Gasteiger partial charge in [0.15, 0.2) is 0 Å². The first-order valence-corrected chi connectivity index (χ1v) is 6.50. The summed E-state index contributed by atoms with van der Waals surface area (Å²) in [6.07, 6.45) is 3.72. The number of nitrogens with zero attached hydrogens (tertiary/aromatic N) is 4. The number of halogens is 2. The predicted octanol–water partition coefficient (Wildman–Crippen LogP) is 2.72. The van der Waals surface area contributed by atoms with Crippen molar-refractivity contribution in [3.8, 4) is 0 Å². The molecule has 7 heteroatoms. The van der Waals surface area contributed by atoms with Crippen molar-refractivity contribution >= 4 is 18.1 Å². The van der Waals surface area contributed by atoms with Crippen LogP contribution in [-0.4, -0.2) is 26.2 Å². The van der Waals surface area contributed by atoms with E-state index in [1.807, 2.05) is 24.0 Å². The van der Waals surface area contributed by atoms with E-state index in [4.69, 9.17) is 0 Å². The summed E-state index contributed by atoms with van der Waals surface area (Å²) in [6, 6.07) is 0. The van der Waals surface area contributed by atoms with Gasteiger partial charge < -0.3 is 5.32 Å². The summed E-state index contributed by atoms with van der Waals surface area (Å²) < 4.78 is 15.9. The average molecular weight is 302 g/mol. The molecule has 2 heterocycles. The maximum atomic E-state index is 12.3. The molecule has 1 N–H and O–H groups in total. The maximum Gasteiger partial charge on any atom is 0.109 e. The molecule has 0 fully saturated rings. The van der Waals surface area contributed by atoms with E-state index in [1.54, 1.807) is 4.68 Å². The maximum absolute atomic E-state index is 12.3. The Bertz CT molecular complexity index is 549. The highest BCUT2D eigenvalue weighted by atomic mass is 35.5. The molecule has 0 aliphatic heterocycles. The molecule has 2 aromatic heterocycles. The fourth-order valence-corrected chi connectivity index (χ4v) is 2.08. The monoisotopic (exact) mass is 301 g/mol. The Morgan fingerprint density at radius 2 is 2.10 bits per heavy atom. The van der Waals surface area contributed by atoms with Crippen LogP contribution in [0.3, 0.4) is 0 Å². The Morgan fingerprint density at radius 3 is 2.75 bits per heavy atom. The molecule has 0 amide bonds. The summed E-state index contributed by atoms with van der Waals surface area (Å²) in [5, 5.41) is 11.9. The molecule has 2 rings (SSSR count). The highest BCUT2D eigenvalue weighted by Gasteiger charge is 2.08. The van der Waals surface area contributed by atoms with Crippen molar-refractivity contribution in [3.05, 3.63) is 29.3 Å². The van der Waals surface area contributed by atoms with E-state index in [-0.39, 0.29) is 12.4 Å². The molecule has 0 aromatic carbocycles. The van der Waals surface area contributed by atoms with Crippen LogP contribution in [0.25, 0.3) is 0 Å². The number of nitrogens with one attached hydrogen (secondary N) is 1. The Kier molecular flexibility index (Phi) is 6.01. The van der Waals surface area contributed by atoms with Gasteiger partial charge in [0.25, 0.3) is 0 Å². The van der Waals surface area contributed by atoms with Crippen LogP contribution in [0.5, 0.6) is 0 Å². The molecule has 112 valence electrons. The van der Waals surface area contributed by atoms with Crippen LogP contribution in [0.4, 0.5) is 10.1 Å². The van der Waals surface area contributed by atoms with Crippen molar-refractivity contribution < 1.29 is 4.39 Å². The summed E-state index contributed by atoms with van der Waals surface area (Å²) in [6.45, 7) is 7.49. The summed E-state index contributed by atoms with van der Waals surface area (Å²) >= 11 is 0. The van der Waals surface area contributed by atoms with Crippen molar-refractivity contribution in [2.45, 2.75) is 40.4 Å². The van der Waals surface area contributed by atoms with E-state index in [2.05, 4.69) is 29.4 Å². The Morgan fingerprint density at radius 1 is 1.35 bits per heavy atom. The van der Waals surface area contributed by atoms with Gasteiger partial charge in [-0.05, 0) is 26.3 Å². The highest BCUT2D eigenvalue weighted by Crippen LogP contribution is 2.15. The molecule has 0 unspecified atom stereocenters. The van der Waals surface area contributed by atoms with Crippen LogP contribution >= 0.6 is 12.4 Å². The SMILES string of the molecule is CCn1ncc(C)c1CNc1cn(CCF)nc1C.Cl. The van der Waals surface area contributed by atoms with E-state index in [1.165, 1.54) is 11.3 Å². The third-order valence-electron chi connectivity index (χ3n) is 3.16. The van der Waals surface area contributed by atoms with Crippen LogP contribution < -0.4 is 5.32 Å². The Labute approximate surface area is 124 Å². The van der Waals surface area contributed by atoms with Gasteiger partial charge in [-0.1, -0.05) is 0 Å². The minimum Gasteiger partial charge on any atom is -0.377 e. The number of hydrogen-bond acceptors (Lipinski definition) is 3. The van der Waals surface area contributed by atoms with Crippen molar-refractivity contribution in [2.75, 3.05) is 12.0 Å². The summed E-state index contributed by atoms with van der Waals surface area (Å²) in [7, 11) is 0. The van der Waals surface area contributed by atoms with Gasteiger partial charge in [0, 0.05) is 12.7 Å². The predicted molar refractivity (Wildman–Crippen MR) is 80.2 cm³/mol. The van der Waals surface area contributed by atoms with E-state index < -0.39 is 6.67 Å². The molecule has 0 spiro atoms. The standard InChI is InChI=1S/C13H20FN5.ClH/c1-4-19-13(10(2)7-16-19)8-15-12-9-18(6-5-14)17-11(12)3;/h7,9,15H,4-6,8H2,1-3H3;1H. The molecule has 0 saturated carbocycles. The molecule has 0 radical (unpaired) electrons. The third kappa shape index (κ3) is 3.50. The number of anilines is 1. The molecule has 0 saturated heterocycles. The Hall–Kier alpha value is -1.56. The first-order valence-electron chi connectivity index (χ1n) is 6.50. The molecule has 0 aliphatic carbocycles. The number of hydrogen-bond donors (Lipinski definition) is 1. The van der Waals surface area contributed by atoms with Crippen LogP contribution in [0, 0.1) is 13.8 Å². The van der Waals surface area contributed by atoms with Crippen molar-refractivity contribution in [1.29, 1.82) is 0 Å². The fourth-order valence-electron chi connectivity index (χ4n) is 2.08. The molecular formula is C13H21ClFN5. The number of aryl methyl sites for hydroxylation is 4. The molecule has 0 bridgehead atoms. The van der Waals surface area contributed by atoms with Gasteiger partial charge in [-0.25, -0.2) is 4.39 Å². The van der Waals surface area contributed by atoms with Gasteiger partial charge in [0.2, 0.25) is 0 Å². The summed E-state index contributed by atoms with van der Waals surface area (Å²) in [4.78, 5) is 0. The number of aromatic nitrogens is 4. The second-order valence-electron chi connectivity index (χ2n) is 4.52. The lowest BCUT2D eigenvalue weighted by molar-refractivity contribution is 0.426. The molecule has 0 aliphatic rings. The van der Waals surface area contributed by atoms with Gasteiger partial charge in [-0.15, -0.1) is 12.4 Å².